The van der Waals surface area contributed by atoms with Gasteiger partial charge in [0.25, 0.3) is 0 Å². The van der Waals surface area contributed by atoms with E-state index in [1.807, 2.05) is 71.6 Å². The lowest BCUT2D eigenvalue weighted by atomic mass is 10.1. The van der Waals surface area contributed by atoms with Gasteiger partial charge in [0.2, 0.25) is 5.91 Å². The largest absolute Gasteiger partial charge is 0.497 e. The van der Waals surface area contributed by atoms with Crippen LogP contribution in [0.2, 0.25) is 5.02 Å². The Morgan fingerprint density at radius 2 is 1.79 bits per heavy atom. The fraction of sp³-hybridized carbons (Fsp3) is 0.259. The molecule has 7 heteroatoms. The molecule has 34 heavy (non-hydrogen) atoms. The zero-order valence-electron chi connectivity index (χ0n) is 19.0. The Morgan fingerprint density at radius 3 is 2.59 bits per heavy atom. The van der Waals surface area contributed by atoms with Gasteiger partial charge in [-0.05, 0) is 55.0 Å². The first-order valence-corrected chi connectivity index (χ1v) is 11.8. The number of halogens is 1. The number of carbonyl (C=O) groups excluding carboxylic acids is 1. The average Bonchev–Trinajstić information content (AvgIpc) is 3.43. The topological polar surface area (TPSA) is 56.6 Å². The Hall–Kier alpha value is -3.51. The van der Waals surface area contributed by atoms with Gasteiger partial charge in [-0.25, -0.2) is 4.98 Å². The quantitative estimate of drug-likeness (QED) is 0.307. The summed E-state index contributed by atoms with van der Waals surface area (Å²) in [5.74, 6) is 2.54. The molecule has 4 aromatic rings. The van der Waals surface area contributed by atoms with E-state index in [4.69, 9.17) is 26.1 Å². The lowest BCUT2D eigenvalue weighted by Crippen LogP contribution is -2.24. The van der Waals surface area contributed by atoms with Crippen molar-refractivity contribution in [3.05, 3.63) is 83.6 Å². The van der Waals surface area contributed by atoms with Crippen molar-refractivity contribution in [1.82, 2.24) is 9.55 Å². The third kappa shape index (κ3) is 4.46. The standard InChI is InChI=1S/C27H26ClN3O3/c1-33-21-13-11-20(12-14-21)31-18-19(17-26(31)32)27-29-23-8-3-4-9-24(23)30(27)15-6-16-34-25-10-5-2-7-22(25)28/h2-5,7-14,19H,6,15-18H2,1H3/t19-/m0/s1. The van der Waals surface area contributed by atoms with Gasteiger partial charge in [0.15, 0.2) is 0 Å². The van der Waals surface area contributed by atoms with Crippen LogP contribution in [-0.4, -0.2) is 35.7 Å². The van der Waals surface area contributed by atoms with E-state index in [1.54, 1.807) is 7.11 Å². The molecule has 3 aromatic carbocycles. The van der Waals surface area contributed by atoms with Crippen LogP contribution in [0.1, 0.15) is 24.6 Å². The zero-order chi connectivity index (χ0) is 23.5. The molecular weight excluding hydrogens is 450 g/mol. The number of carbonyl (C=O) groups is 1. The Labute approximate surface area is 203 Å². The number of anilines is 1. The number of imidazole rings is 1. The molecule has 2 heterocycles. The summed E-state index contributed by atoms with van der Waals surface area (Å²) in [6, 6.07) is 23.2. The highest BCUT2D eigenvalue weighted by Crippen LogP contribution is 2.34. The monoisotopic (exact) mass is 475 g/mol. The fourth-order valence-electron chi connectivity index (χ4n) is 4.50. The number of hydrogen-bond acceptors (Lipinski definition) is 4. The van der Waals surface area contributed by atoms with Crippen molar-refractivity contribution >= 4 is 34.2 Å². The third-order valence-corrected chi connectivity index (χ3v) is 6.49. The number of amides is 1. The van der Waals surface area contributed by atoms with E-state index in [1.165, 1.54) is 0 Å². The van der Waals surface area contributed by atoms with Crippen LogP contribution in [0.15, 0.2) is 72.8 Å². The predicted molar refractivity (Wildman–Crippen MR) is 134 cm³/mol. The van der Waals surface area contributed by atoms with Crippen LogP contribution in [0.3, 0.4) is 0 Å². The van der Waals surface area contributed by atoms with Crippen molar-refractivity contribution in [2.45, 2.75) is 25.3 Å². The van der Waals surface area contributed by atoms with Crippen molar-refractivity contribution in [2.75, 3.05) is 25.2 Å². The van der Waals surface area contributed by atoms with E-state index in [0.717, 1.165) is 41.3 Å². The molecular formula is C27H26ClN3O3. The minimum Gasteiger partial charge on any atom is -0.497 e. The maximum absolute atomic E-state index is 12.9. The molecule has 0 bridgehead atoms. The van der Waals surface area contributed by atoms with Crippen LogP contribution in [-0.2, 0) is 11.3 Å². The van der Waals surface area contributed by atoms with Gasteiger partial charge in [-0.3, -0.25) is 4.79 Å². The first kappa shape index (κ1) is 22.3. The van der Waals surface area contributed by atoms with Crippen molar-refractivity contribution < 1.29 is 14.3 Å². The zero-order valence-corrected chi connectivity index (χ0v) is 19.7. The van der Waals surface area contributed by atoms with Gasteiger partial charge in [-0.2, -0.15) is 0 Å². The van der Waals surface area contributed by atoms with E-state index in [2.05, 4.69) is 10.6 Å². The predicted octanol–water partition coefficient (Wildman–Crippen LogP) is 5.69. The smallest absolute Gasteiger partial charge is 0.227 e. The van der Waals surface area contributed by atoms with E-state index >= 15 is 0 Å². The number of fused-ring (bicyclic) bond motifs is 1. The van der Waals surface area contributed by atoms with Gasteiger partial charge in [0, 0.05) is 31.1 Å². The Kier molecular flexibility index (Phi) is 6.41. The molecule has 0 saturated carbocycles. The Balaban J connectivity index is 1.34. The molecule has 5 rings (SSSR count). The number of benzene rings is 3. The first-order valence-electron chi connectivity index (χ1n) is 11.4. The van der Waals surface area contributed by atoms with Crippen LogP contribution in [0.25, 0.3) is 11.0 Å². The normalized spacial score (nSPS) is 15.8. The molecule has 0 spiro atoms. The number of hydrogen-bond donors (Lipinski definition) is 0. The number of aromatic nitrogens is 2. The molecule has 1 aliphatic rings. The van der Waals surface area contributed by atoms with Gasteiger partial charge in [-0.1, -0.05) is 35.9 Å². The number of methoxy groups -OCH3 is 1. The second kappa shape index (κ2) is 9.77. The lowest BCUT2D eigenvalue weighted by Gasteiger charge is -2.18. The molecule has 1 aromatic heterocycles. The molecule has 0 N–H and O–H groups in total. The first-order chi connectivity index (χ1) is 16.6. The van der Waals surface area contributed by atoms with E-state index in [-0.39, 0.29) is 11.8 Å². The maximum Gasteiger partial charge on any atom is 0.227 e. The summed E-state index contributed by atoms with van der Waals surface area (Å²) in [7, 11) is 1.63. The molecule has 0 unspecified atom stereocenters. The van der Waals surface area contributed by atoms with Gasteiger partial charge >= 0.3 is 0 Å². The van der Waals surface area contributed by atoms with Gasteiger partial charge in [0.1, 0.15) is 17.3 Å². The van der Waals surface area contributed by atoms with E-state index in [0.29, 0.717) is 30.3 Å². The molecule has 1 amide bonds. The summed E-state index contributed by atoms with van der Waals surface area (Å²) >= 11 is 6.20. The fourth-order valence-corrected chi connectivity index (χ4v) is 4.69. The maximum atomic E-state index is 12.9. The van der Waals surface area contributed by atoms with Crippen molar-refractivity contribution in [1.29, 1.82) is 0 Å². The third-order valence-electron chi connectivity index (χ3n) is 6.18. The number of rotatable bonds is 8. The summed E-state index contributed by atoms with van der Waals surface area (Å²) in [5.41, 5.74) is 2.90. The molecule has 6 nitrogen and oxygen atoms in total. The summed E-state index contributed by atoms with van der Waals surface area (Å²) in [6.07, 6.45) is 1.23. The summed E-state index contributed by atoms with van der Waals surface area (Å²) in [4.78, 5) is 19.7. The van der Waals surface area contributed by atoms with E-state index < -0.39 is 0 Å². The number of aryl methyl sites for hydroxylation is 1. The number of para-hydroxylation sites is 3. The lowest BCUT2D eigenvalue weighted by molar-refractivity contribution is -0.117. The van der Waals surface area contributed by atoms with Gasteiger partial charge < -0.3 is 18.9 Å². The van der Waals surface area contributed by atoms with Crippen LogP contribution < -0.4 is 14.4 Å². The van der Waals surface area contributed by atoms with Gasteiger partial charge in [0.05, 0.1) is 29.8 Å². The van der Waals surface area contributed by atoms with Crippen molar-refractivity contribution in [3.63, 3.8) is 0 Å². The average molecular weight is 476 g/mol. The minimum absolute atomic E-state index is 0.0199. The number of ether oxygens (including phenoxy) is 2. The van der Waals surface area contributed by atoms with Gasteiger partial charge in [-0.15, -0.1) is 0 Å². The molecule has 0 radical (unpaired) electrons. The highest BCUT2D eigenvalue weighted by Gasteiger charge is 2.34. The Morgan fingerprint density at radius 1 is 1.03 bits per heavy atom. The van der Waals surface area contributed by atoms with Crippen LogP contribution in [0.5, 0.6) is 11.5 Å². The summed E-state index contributed by atoms with van der Waals surface area (Å²) in [5, 5.41) is 0.611. The SMILES string of the molecule is COc1ccc(N2C[C@@H](c3nc4ccccc4n3CCCOc3ccccc3Cl)CC2=O)cc1. The molecule has 1 aliphatic heterocycles. The number of nitrogens with zero attached hydrogens (tertiary/aromatic N) is 3. The van der Waals surface area contributed by atoms with Crippen LogP contribution in [0.4, 0.5) is 5.69 Å². The second-order valence-electron chi connectivity index (χ2n) is 8.35. The van der Waals surface area contributed by atoms with Crippen LogP contribution >= 0.6 is 11.6 Å². The van der Waals surface area contributed by atoms with Crippen LogP contribution in [0, 0.1) is 0 Å². The summed E-state index contributed by atoms with van der Waals surface area (Å²) < 4.78 is 13.4. The Bertz CT molecular complexity index is 1300. The molecule has 1 fully saturated rings. The summed E-state index contributed by atoms with van der Waals surface area (Å²) in [6.45, 7) is 1.88. The second-order valence-corrected chi connectivity index (χ2v) is 8.75. The van der Waals surface area contributed by atoms with Crippen molar-refractivity contribution in [2.24, 2.45) is 0 Å². The molecule has 1 saturated heterocycles. The molecule has 1 atom stereocenters. The molecule has 0 aliphatic carbocycles. The highest BCUT2D eigenvalue weighted by atomic mass is 35.5. The van der Waals surface area contributed by atoms with E-state index in [9.17, 15) is 4.79 Å². The minimum atomic E-state index is 0.0199. The highest BCUT2D eigenvalue weighted by molar-refractivity contribution is 6.32. The molecule has 174 valence electrons. The van der Waals surface area contributed by atoms with Crippen molar-refractivity contribution in [3.8, 4) is 11.5 Å².